The number of benzene rings is 1. The lowest BCUT2D eigenvalue weighted by molar-refractivity contribution is -0.130. The van der Waals surface area contributed by atoms with Crippen LogP contribution in [0.2, 0.25) is 0 Å². The molecule has 0 unspecified atom stereocenters. The maximum atomic E-state index is 12.0. The van der Waals surface area contributed by atoms with E-state index in [2.05, 4.69) is 52.9 Å². The zero-order valence-electron chi connectivity index (χ0n) is 16.2. The van der Waals surface area contributed by atoms with Crippen LogP contribution in [0.25, 0.3) is 0 Å². The third-order valence-corrected chi connectivity index (χ3v) is 4.65. The molecular weight excluding hydrogens is 324 g/mol. The van der Waals surface area contributed by atoms with Crippen molar-refractivity contribution in [3.63, 3.8) is 0 Å². The Morgan fingerprint density at radius 3 is 2.77 bits per heavy atom. The molecule has 1 heterocycles. The number of rotatable bonds is 9. The van der Waals surface area contributed by atoms with Crippen LogP contribution in [0.4, 0.5) is 0 Å². The van der Waals surface area contributed by atoms with Gasteiger partial charge in [0.05, 0.1) is 0 Å². The van der Waals surface area contributed by atoms with Crippen LogP contribution in [0.15, 0.2) is 35.3 Å². The van der Waals surface area contributed by atoms with Gasteiger partial charge in [-0.3, -0.25) is 9.79 Å². The highest BCUT2D eigenvalue weighted by atomic mass is 16.2. The second kappa shape index (κ2) is 12.3. The molecule has 0 bridgehead atoms. The van der Waals surface area contributed by atoms with Crippen molar-refractivity contribution in [3.05, 3.63) is 35.9 Å². The number of carbonyl (C=O) groups excluding carboxylic acids is 1. The van der Waals surface area contributed by atoms with Crippen molar-refractivity contribution in [2.24, 2.45) is 4.99 Å². The van der Waals surface area contributed by atoms with E-state index >= 15 is 0 Å². The zero-order valence-corrected chi connectivity index (χ0v) is 16.2. The molecule has 1 aliphatic heterocycles. The minimum absolute atomic E-state index is 0.317. The van der Waals surface area contributed by atoms with Gasteiger partial charge in [-0.15, -0.1) is 0 Å². The van der Waals surface area contributed by atoms with Crippen molar-refractivity contribution >= 4 is 11.9 Å². The molecule has 5 nitrogen and oxygen atoms in total. The molecule has 2 N–H and O–H groups in total. The summed E-state index contributed by atoms with van der Waals surface area (Å²) in [4.78, 5) is 18.7. The fraction of sp³-hybridized carbons (Fsp3) is 0.619. The maximum absolute atomic E-state index is 12.0. The topological polar surface area (TPSA) is 56.7 Å². The van der Waals surface area contributed by atoms with Gasteiger partial charge in [0.1, 0.15) is 0 Å². The van der Waals surface area contributed by atoms with Crippen molar-refractivity contribution in [2.45, 2.75) is 51.9 Å². The summed E-state index contributed by atoms with van der Waals surface area (Å²) in [5, 5.41) is 6.70. The summed E-state index contributed by atoms with van der Waals surface area (Å²) in [5.74, 6) is 1.19. The first-order valence-corrected chi connectivity index (χ1v) is 10.1. The van der Waals surface area contributed by atoms with Crippen LogP contribution in [0, 0.1) is 0 Å². The van der Waals surface area contributed by atoms with E-state index in [0.29, 0.717) is 5.91 Å². The molecule has 0 aliphatic carbocycles. The van der Waals surface area contributed by atoms with E-state index in [4.69, 9.17) is 0 Å². The van der Waals surface area contributed by atoms with E-state index in [1.807, 2.05) is 4.90 Å². The Bertz CT molecular complexity index is 544. The predicted molar refractivity (Wildman–Crippen MR) is 108 cm³/mol. The molecule has 2 rings (SSSR count). The fourth-order valence-corrected chi connectivity index (χ4v) is 3.21. The Balaban J connectivity index is 1.66. The van der Waals surface area contributed by atoms with Gasteiger partial charge < -0.3 is 15.5 Å². The lowest BCUT2D eigenvalue weighted by atomic mass is 10.1. The lowest BCUT2D eigenvalue weighted by Crippen LogP contribution is -2.38. The van der Waals surface area contributed by atoms with Crippen LogP contribution in [0.5, 0.6) is 0 Å². The molecule has 0 radical (unpaired) electrons. The summed E-state index contributed by atoms with van der Waals surface area (Å²) in [6.07, 6.45) is 7.16. The third kappa shape index (κ3) is 7.89. The monoisotopic (exact) mass is 358 g/mol. The van der Waals surface area contributed by atoms with Crippen LogP contribution in [-0.4, -0.2) is 49.5 Å². The molecule has 1 saturated heterocycles. The molecule has 0 aromatic heterocycles. The van der Waals surface area contributed by atoms with Gasteiger partial charge in [0.15, 0.2) is 5.96 Å². The summed E-state index contributed by atoms with van der Waals surface area (Å²) in [6, 6.07) is 10.6. The number of hydrogen-bond donors (Lipinski definition) is 2. The first-order valence-electron chi connectivity index (χ1n) is 10.1. The molecule has 1 aliphatic rings. The fourth-order valence-electron chi connectivity index (χ4n) is 3.21. The van der Waals surface area contributed by atoms with Crippen LogP contribution >= 0.6 is 0 Å². The molecule has 1 amide bonds. The number of nitrogens with one attached hydrogen (secondary N) is 2. The number of carbonyl (C=O) groups is 1. The van der Waals surface area contributed by atoms with E-state index < -0.39 is 0 Å². The van der Waals surface area contributed by atoms with E-state index in [9.17, 15) is 4.79 Å². The molecule has 0 spiro atoms. The standard InChI is InChI=1S/C21H34N4O/c1-2-22-21(23-15-9-13-19-11-5-3-6-12-19)24-16-10-18-25-17-8-4-7-14-20(25)26/h3,5-6,11-12H,2,4,7-10,13-18H2,1H3,(H2,22,23,24). The first kappa shape index (κ1) is 20.3. The van der Waals surface area contributed by atoms with E-state index in [1.54, 1.807) is 0 Å². The number of aliphatic imine (C=N–C) groups is 1. The number of likely N-dealkylation sites (tertiary alicyclic amines) is 1. The minimum atomic E-state index is 0.317. The lowest BCUT2D eigenvalue weighted by Gasteiger charge is -2.20. The highest BCUT2D eigenvalue weighted by Gasteiger charge is 2.15. The molecule has 1 aromatic carbocycles. The molecular formula is C21H34N4O. The second-order valence-corrected chi connectivity index (χ2v) is 6.82. The predicted octanol–water partition coefficient (Wildman–Crippen LogP) is 2.97. The van der Waals surface area contributed by atoms with E-state index in [1.165, 1.54) is 12.0 Å². The summed E-state index contributed by atoms with van der Waals surface area (Å²) in [6.45, 7) is 6.34. The van der Waals surface area contributed by atoms with Crippen molar-refractivity contribution in [2.75, 3.05) is 32.7 Å². The number of amides is 1. The van der Waals surface area contributed by atoms with E-state index in [-0.39, 0.29) is 0 Å². The second-order valence-electron chi connectivity index (χ2n) is 6.82. The summed E-state index contributed by atoms with van der Waals surface area (Å²) in [5.41, 5.74) is 1.37. The van der Waals surface area contributed by atoms with Crippen LogP contribution in [0.3, 0.4) is 0 Å². The van der Waals surface area contributed by atoms with Crippen molar-refractivity contribution in [1.82, 2.24) is 15.5 Å². The summed E-state index contributed by atoms with van der Waals surface area (Å²) < 4.78 is 0. The van der Waals surface area contributed by atoms with Gasteiger partial charge in [-0.2, -0.15) is 0 Å². The van der Waals surface area contributed by atoms with Gasteiger partial charge >= 0.3 is 0 Å². The normalized spacial score (nSPS) is 15.7. The number of aryl methyl sites for hydroxylation is 1. The minimum Gasteiger partial charge on any atom is -0.357 e. The van der Waals surface area contributed by atoms with Gasteiger partial charge in [-0.05, 0) is 44.6 Å². The van der Waals surface area contributed by atoms with Crippen molar-refractivity contribution in [1.29, 1.82) is 0 Å². The average Bonchev–Trinajstić information content (AvgIpc) is 2.87. The maximum Gasteiger partial charge on any atom is 0.222 e. The Hall–Kier alpha value is -2.04. The van der Waals surface area contributed by atoms with Crippen LogP contribution in [-0.2, 0) is 11.2 Å². The van der Waals surface area contributed by atoms with Crippen LogP contribution in [0.1, 0.15) is 51.0 Å². The molecule has 0 saturated carbocycles. The highest BCUT2D eigenvalue weighted by molar-refractivity contribution is 5.79. The van der Waals surface area contributed by atoms with Crippen molar-refractivity contribution in [3.8, 4) is 0 Å². The zero-order chi connectivity index (χ0) is 18.5. The number of nitrogens with zero attached hydrogens (tertiary/aromatic N) is 2. The Morgan fingerprint density at radius 2 is 1.96 bits per heavy atom. The Morgan fingerprint density at radius 1 is 1.12 bits per heavy atom. The average molecular weight is 359 g/mol. The van der Waals surface area contributed by atoms with E-state index in [0.717, 1.165) is 77.2 Å². The molecule has 144 valence electrons. The Labute approximate surface area is 158 Å². The molecule has 26 heavy (non-hydrogen) atoms. The number of guanidine groups is 1. The van der Waals surface area contributed by atoms with Gasteiger partial charge in [0, 0.05) is 39.1 Å². The third-order valence-electron chi connectivity index (χ3n) is 4.65. The molecule has 1 fully saturated rings. The number of hydrogen-bond acceptors (Lipinski definition) is 2. The first-order chi connectivity index (χ1) is 12.8. The summed E-state index contributed by atoms with van der Waals surface area (Å²) >= 11 is 0. The highest BCUT2D eigenvalue weighted by Crippen LogP contribution is 2.11. The largest absolute Gasteiger partial charge is 0.357 e. The molecule has 5 heteroatoms. The smallest absolute Gasteiger partial charge is 0.222 e. The summed E-state index contributed by atoms with van der Waals surface area (Å²) in [7, 11) is 0. The van der Waals surface area contributed by atoms with Gasteiger partial charge in [-0.25, -0.2) is 0 Å². The quantitative estimate of drug-likeness (QED) is 0.405. The van der Waals surface area contributed by atoms with Gasteiger partial charge in [0.2, 0.25) is 5.91 Å². The van der Waals surface area contributed by atoms with Gasteiger partial charge in [0.25, 0.3) is 0 Å². The van der Waals surface area contributed by atoms with Crippen molar-refractivity contribution < 1.29 is 4.79 Å². The molecule has 1 aromatic rings. The van der Waals surface area contributed by atoms with Crippen LogP contribution < -0.4 is 10.6 Å². The van der Waals surface area contributed by atoms with Gasteiger partial charge in [-0.1, -0.05) is 36.8 Å². The molecule has 0 atom stereocenters. The SMILES string of the molecule is CCNC(=NCCCN1CCCCCC1=O)NCCCc1ccccc1. The Kier molecular flexibility index (Phi) is 9.62.